The smallest absolute Gasteiger partial charge is 0.139 e. The molecule has 2 nitrogen and oxygen atoms in total. The van der Waals surface area contributed by atoms with E-state index < -0.39 is 0 Å². The van der Waals surface area contributed by atoms with Crippen molar-refractivity contribution in [2.24, 2.45) is 0 Å². The number of fused-ring (bicyclic) bond motifs is 4. The van der Waals surface area contributed by atoms with E-state index in [2.05, 4.69) is 90.0 Å². The number of hydrogen-bond acceptors (Lipinski definition) is 1. The second kappa shape index (κ2) is 5.18. The topological polar surface area (TPSA) is 28.7 Å². The lowest BCUT2D eigenvalue weighted by Gasteiger charge is -2.24. The van der Waals surface area contributed by atoms with Crippen molar-refractivity contribution in [2.75, 3.05) is 0 Å². The molecule has 0 atom stereocenters. The second-order valence-electron chi connectivity index (χ2n) is 7.12. The van der Waals surface area contributed by atoms with Gasteiger partial charge in [0.15, 0.2) is 0 Å². The van der Waals surface area contributed by atoms with E-state index in [-0.39, 0.29) is 5.41 Å². The number of aromatic nitrogens is 2. The summed E-state index contributed by atoms with van der Waals surface area (Å²) in [6.07, 6.45) is 0. The predicted molar refractivity (Wildman–Crippen MR) is 112 cm³/mol. The molecule has 3 heteroatoms. The van der Waals surface area contributed by atoms with Gasteiger partial charge in [0.2, 0.25) is 0 Å². The lowest BCUT2D eigenvalue weighted by molar-refractivity contribution is 0.661. The molecule has 4 aromatic rings. The van der Waals surface area contributed by atoms with E-state index >= 15 is 0 Å². The zero-order chi connectivity index (χ0) is 17.2. The van der Waals surface area contributed by atoms with Crippen molar-refractivity contribution in [3.63, 3.8) is 0 Å². The molecule has 1 aromatic heterocycles. The van der Waals surface area contributed by atoms with Crippen LogP contribution < -0.4 is 0 Å². The van der Waals surface area contributed by atoms with Gasteiger partial charge in [-0.15, -0.1) is 0 Å². The fraction of sp³-hybridized carbons (Fsp3) is 0.136. The van der Waals surface area contributed by atoms with E-state index in [0.717, 1.165) is 16.9 Å². The van der Waals surface area contributed by atoms with E-state index in [1.807, 2.05) is 12.1 Å². The molecule has 0 radical (unpaired) electrons. The SMILES string of the molecule is CC1(C)c2ccccc2-c2ccc(I)c(-c3nc4ccccc4[nH]3)c21. The maximum absolute atomic E-state index is 4.89. The summed E-state index contributed by atoms with van der Waals surface area (Å²) >= 11 is 2.44. The minimum absolute atomic E-state index is 0.0403. The molecule has 1 aliphatic carbocycles. The lowest BCUT2D eigenvalue weighted by Crippen LogP contribution is -2.17. The van der Waals surface area contributed by atoms with Crippen LogP contribution in [0.2, 0.25) is 0 Å². The van der Waals surface area contributed by atoms with Gasteiger partial charge in [-0.05, 0) is 63.0 Å². The molecule has 0 saturated carbocycles. The van der Waals surface area contributed by atoms with Gasteiger partial charge in [0.05, 0.1) is 11.0 Å². The number of halogens is 1. The van der Waals surface area contributed by atoms with Crippen molar-refractivity contribution in [2.45, 2.75) is 19.3 Å². The number of benzene rings is 3. The van der Waals surface area contributed by atoms with Gasteiger partial charge in [-0.2, -0.15) is 0 Å². The molecule has 25 heavy (non-hydrogen) atoms. The summed E-state index contributed by atoms with van der Waals surface area (Å²) in [7, 11) is 0. The van der Waals surface area contributed by atoms with Crippen molar-refractivity contribution in [3.05, 3.63) is 75.4 Å². The number of hydrogen-bond donors (Lipinski definition) is 1. The van der Waals surface area contributed by atoms with Crippen molar-refractivity contribution in [1.29, 1.82) is 0 Å². The van der Waals surface area contributed by atoms with Crippen LogP contribution in [-0.2, 0) is 5.41 Å². The average Bonchev–Trinajstić information content (AvgIpc) is 3.13. The first-order valence-corrected chi connectivity index (χ1v) is 9.53. The number of aromatic amines is 1. The Labute approximate surface area is 160 Å². The maximum Gasteiger partial charge on any atom is 0.139 e. The third-order valence-corrected chi connectivity index (χ3v) is 6.20. The molecule has 1 aliphatic rings. The standard InChI is InChI=1S/C22H17IN2/c1-22(2)15-8-4-3-7-13(15)14-11-12-16(23)19(20(14)22)21-24-17-9-5-6-10-18(17)25-21/h3-12H,1-2H3,(H,24,25). The highest BCUT2D eigenvalue weighted by Gasteiger charge is 2.38. The monoisotopic (exact) mass is 436 g/mol. The molecule has 0 aliphatic heterocycles. The highest BCUT2D eigenvalue weighted by Crippen LogP contribution is 2.52. The van der Waals surface area contributed by atoms with Crippen LogP contribution in [0.5, 0.6) is 0 Å². The van der Waals surface area contributed by atoms with Crippen LogP contribution in [0.4, 0.5) is 0 Å². The summed E-state index contributed by atoms with van der Waals surface area (Å²) in [5.41, 5.74) is 8.73. The Morgan fingerprint density at radius 2 is 1.64 bits per heavy atom. The predicted octanol–water partition coefficient (Wildman–Crippen LogP) is 6.14. The van der Waals surface area contributed by atoms with Crippen LogP contribution in [0.3, 0.4) is 0 Å². The van der Waals surface area contributed by atoms with E-state index in [9.17, 15) is 0 Å². The van der Waals surface area contributed by atoms with Crippen LogP contribution in [-0.4, -0.2) is 9.97 Å². The van der Waals surface area contributed by atoms with Gasteiger partial charge in [0, 0.05) is 14.5 Å². The Morgan fingerprint density at radius 1 is 0.880 bits per heavy atom. The molecule has 3 aromatic carbocycles. The quantitative estimate of drug-likeness (QED) is 0.357. The largest absolute Gasteiger partial charge is 0.338 e. The van der Waals surface area contributed by atoms with Gasteiger partial charge in [-0.25, -0.2) is 4.98 Å². The van der Waals surface area contributed by atoms with Crippen molar-refractivity contribution in [3.8, 4) is 22.5 Å². The minimum Gasteiger partial charge on any atom is -0.338 e. The summed E-state index contributed by atoms with van der Waals surface area (Å²) in [6, 6.07) is 21.4. The van der Waals surface area contributed by atoms with Gasteiger partial charge < -0.3 is 4.98 Å². The molecule has 0 saturated heterocycles. The number of rotatable bonds is 1. The summed E-state index contributed by atoms with van der Waals surface area (Å²) in [6.45, 7) is 4.64. The van der Waals surface area contributed by atoms with Crippen LogP contribution >= 0.6 is 22.6 Å². The normalized spacial score (nSPS) is 14.5. The summed E-state index contributed by atoms with van der Waals surface area (Å²) < 4.78 is 1.23. The first-order chi connectivity index (χ1) is 12.1. The fourth-order valence-corrected chi connectivity index (χ4v) is 4.86. The summed E-state index contributed by atoms with van der Waals surface area (Å²) in [4.78, 5) is 8.42. The van der Waals surface area contributed by atoms with E-state index in [0.29, 0.717) is 0 Å². The zero-order valence-electron chi connectivity index (χ0n) is 14.1. The van der Waals surface area contributed by atoms with Crippen molar-refractivity contribution in [1.82, 2.24) is 9.97 Å². The molecule has 1 heterocycles. The van der Waals surface area contributed by atoms with E-state index in [4.69, 9.17) is 4.98 Å². The summed E-state index contributed by atoms with van der Waals surface area (Å²) in [5.74, 6) is 0.961. The molecule has 122 valence electrons. The molecule has 0 unspecified atom stereocenters. The third-order valence-electron chi connectivity index (χ3n) is 5.30. The Morgan fingerprint density at radius 3 is 2.48 bits per heavy atom. The minimum atomic E-state index is -0.0403. The molecule has 0 bridgehead atoms. The number of para-hydroxylation sites is 2. The van der Waals surface area contributed by atoms with Gasteiger partial charge >= 0.3 is 0 Å². The third kappa shape index (κ3) is 2.05. The number of imidazole rings is 1. The second-order valence-corrected chi connectivity index (χ2v) is 8.28. The van der Waals surface area contributed by atoms with Gasteiger partial charge in [-0.1, -0.05) is 56.3 Å². The Bertz CT molecular complexity index is 1100. The van der Waals surface area contributed by atoms with E-state index in [1.165, 1.54) is 31.4 Å². The highest BCUT2D eigenvalue weighted by atomic mass is 127. The molecule has 5 rings (SSSR count). The van der Waals surface area contributed by atoms with Crippen LogP contribution in [0.15, 0.2) is 60.7 Å². The average molecular weight is 436 g/mol. The van der Waals surface area contributed by atoms with Crippen LogP contribution in [0, 0.1) is 3.57 Å². The maximum atomic E-state index is 4.89. The van der Waals surface area contributed by atoms with Crippen molar-refractivity contribution >= 4 is 33.6 Å². The molecule has 0 fully saturated rings. The van der Waals surface area contributed by atoms with Crippen LogP contribution in [0.25, 0.3) is 33.5 Å². The molecular weight excluding hydrogens is 419 g/mol. The van der Waals surface area contributed by atoms with Gasteiger partial charge in [-0.3, -0.25) is 0 Å². The molecule has 1 N–H and O–H groups in total. The lowest BCUT2D eigenvalue weighted by atomic mass is 9.80. The molecular formula is C22H17IN2. The summed E-state index contributed by atoms with van der Waals surface area (Å²) in [5, 5.41) is 0. The molecule has 0 amide bonds. The zero-order valence-corrected chi connectivity index (χ0v) is 16.3. The number of H-pyrrole nitrogens is 1. The Balaban J connectivity index is 1.86. The van der Waals surface area contributed by atoms with Gasteiger partial charge in [0.1, 0.15) is 5.82 Å². The first kappa shape index (κ1) is 15.1. The molecule has 0 spiro atoms. The van der Waals surface area contributed by atoms with Gasteiger partial charge in [0.25, 0.3) is 0 Å². The fourth-order valence-electron chi connectivity index (χ4n) is 4.15. The van der Waals surface area contributed by atoms with Crippen molar-refractivity contribution < 1.29 is 0 Å². The Hall–Kier alpha value is -2.14. The van der Waals surface area contributed by atoms with Crippen LogP contribution in [0.1, 0.15) is 25.0 Å². The highest BCUT2D eigenvalue weighted by molar-refractivity contribution is 14.1. The first-order valence-electron chi connectivity index (χ1n) is 8.45. The van der Waals surface area contributed by atoms with E-state index in [1.54, 1.807) is 0 Å². The number of nitrogens with zero attached hydrogens (tertiary/aromatic N) is 1. The Kier molecular flexibility index (Phi) is 3.14. The number of nitrogens with one attached hydrogen (secondary N) is 1.